The molecule has 3 aromatic rings. The lowest BCUT2D eigenvalue weighted by Crippen LogP contribution is -2.33. The molecule has 8 nitrogen and oxygen atoms in total. The van der Waals surface area contributed by atoms with Crippen molar-refractivity contribution in [3.8, 4) is 5.69 Å². The van der Waals surface area contributed by atoms with Crippen LogP contribution in [0.25, 0.3) is 5.69 Å². The number of hydrogen-bond acceptors (Lipinski definition) is 5. The molecule has 1 aromatic heterocycles. The predicted octanol–water partition coefficient (Wildman–Crippen LogP) is 1.60. The Bertz CT molecular complexity index is 1130. The molecule has 2 aromatic carbocycles. The zero-order valence-electron chi connectivity index (χ0n) is 14.2. The Kier molecular flexibility index (Phi) is 4.11. The third kappa shape index (κ3) is 2.98. The van der Waals surface area contributed by atoms with Gasteiger partial charge in [0.2, 0.25) is 0 Å². The van der Waals surface area contributed by atoms with Crippen LogP contribution >= 0.6 is 0 Å². The third-order valence-electron chi connectivity index (χ3n) is 4.14. The Morgan fingerprint density at radius 2 is 1.57 bits per heavy atom. The Hall–Kier alpha value is -4.01. The van der Waals surface area contributed by atoms with E-state index in [-0.39, 0.29) is 23.2 Å². The highest BCUT2D eigenvalue weighted by Gasteiger charge is 2.38. The first kappa shape index (κ1) is 17.4. The number of H-pyrrole nitrogens is 1. The Balaban J connectivity index is 1.49. The SMILES string of the molecule is O=C(Cc1cc(=O)n(-c2ccc(F)cc2)[nH]1)ON1C(=O)c2ccccc2C1=O. The van der Waals surface area contributed by atoms with Crippen LogP contribution in [0.4, 0.5) is 4.39 Å². The fourth-order valence-corrected chi connectivity index (χ4v) is 2.86. The number of fused-ring (bicyclic) bond motifs is 1. The summed E-state index contributed by atoms with van der Waals surface area (Å²) in [5, 5.41) is 3.11. The van der Waals surface area contributed by atoms with Crippen LogP contribution in [-0.2, 0) is 16.1 Å². The highest BCUT2D eigenvalue weighted by molar-refractivity contribution is 6.20. The average molecular weight is 381 g/mol. The number of imide groups is 1. The average Bonchev–Trinajstić information content (AvgIpc) is 3.15. The van der Waals surface area contributed by atoms with Crippen LogP contribution in [0.5, 0.6) is 0 Å². The van der Waals surface area contributed by atoms with E-state index < -0.39 is 29.2 Å². The van der Waals surface area contributed by atoms with E-state index in [4.69, 9.17) is 4.84 Å². The minimum absolute atomic E-state index is 0.149. The molecule has 0 bridgehead atoms. The van der Waals surface area contributed by atoms with Gasteiger partial charge in [0.15, 0.2) is 0 Å². The quantitative estimate of drug-likeness (QED) is 0.692. The van der Waals surface area contributed by atoms with Crippen LogP contribution in [0.15, 0.2) is 59.4 Å². The molecule has 0 saturated carbocycles. The molecule has 140 valence electrons. The fraction of sp³-hybridized carbons (Fsp3) is 0.0526. The number of aromatic amines is 1. The lowest BCUT2D eigenvalue weighted by Gasteiger charge is -2.12. The topological polar surface area (TPSA) is 101 Å². The maximum absolute atomic E-state index is 13.0. The number of halogens is 1. The summed E-state index contributed by atoms with van der Waals surface area (Å²) in [7, 11) is 0. The van der Waals surface area contributed by atoms with Crippen LogP contribution in [0, 0.1) is 5.82 Å². The molecule has 9 heteroatoms. The van der Waals surface area contributed by atoms with Crippen LogP contribution in [-0.4, -0.2) is 32.6 Å². The highest BCUT2D eigenvalue weighted by atomic mass is 19.1. The normalized spacial score (nSPS) is 13.0. The van der Waals surface area contributed by atoms with E-state index in [1.807, 2.05) is 0 Å². The summed E-state index contributed by atoms with van der Waals surface area (Å²) < 4.78 is 14.1. The van der Waals surface area contributed by atoms with Gasteiger partial charge in [0.05, 0.1) is 23.2 Å². The number of nitrogens with one attached hydrogen (secondary N) is 1. The van der Waals surface area contributed by atoms with Gasteiger partial charge in [0, 0.05) is 11.8 Å². The lowest BCUT2D eigenvalue weighted by molar-refractivity contribution is -0.167. The number of aromatic nitrogens is 2. The van der Waals surface area contributed by atoms with Crippen molar-refractivity contribution in [3.05, 3.63) is 87.6 Å². The largest absolute Gasteiger partial charge is 0.339 e. The number of nitrogens with zero attached hydrogens (tertiary/aromatic N) is 2. The van der Waals surface area contributed by atoms with Gasteiger partial charge in [-0.15, -0.1) is 0 Å². The third-order valence-corrected chi connectivity index (χ3v) is 4.14. The first-order valence-corrected chi connectivity index (χ1v) is 8.19. The van der Waals surface area contributed by atoms with E-state index >= 15 is 0 Å². The molecule has 28 heavy (non-hydrogen) atoms. The van der Waals surface area contributed by atoms with Gasteiger partial charge in [-0.2, -0.15) is 0 Å². The van der Waals surface area contributed by atoms with Crippen molar-refractivity contribution >= 4 is 17.8 Å². The molecule has 0 aliphatic carbocycles. The Labute approximate surface area is 156 Å². The fourth-order valence-electron chi connectivity index (χ4n) is 2.86. The number of hydrogen-bond donors (Lipinski definition) is 1. The van der Waals surface area contributed by atoms with Gasteiger partial charge < -0.3 is 4.84 Å². The molecule has 4 rings (SSSR count). The minimum Gasteiger partial charge on any atom is -0.329 e. The van der Waals surface area contributed by atoms with Crippen molar-refractivity contribution in [2.75, 3.05) is 0 Å². The Morgan fingerprint density at radius 1 is 0.964 bits per heavy atom. The maximum atomic E-state index is 13.0. The number of hydroxylamine groups is 2. The van der Waals surface area contributed by atoms with Crippen molar-refractivity contribution in [1.29, 1.82) is 0 Å². The number of benzene rings is 2. The van der Waals surface area contributed by atoms with Gasteiger partial charge in [-0.1, -0.05) is 17.2 Å². The molecule has 2 amide bonds. The molecule has 0 unspecified atom stereocenters. The molecule has 1 aliphatic rings. The van der Waals surface area contributed by atoms with Crippen molar-refractivity contribution in [2.24, 2.45) is 0 Å². The smallest absolute Gasteiger partial charge is 0.329 e. The maximum Gasteiger partial charge on any atom is 0.339 e. The molecular formula is C19H12FN3O5. The minimum atomic E-state index is -0.901. The summed E-state index contributed by atoms with van der Waals surface area (Å²) in [6, 6.07) is 12.5. The summed E-state index contributed by atoms with van der Waals surface area (Å²) in [5.41, 5.74) is 0.421. The summed E-state index contributed by atoms with van der Waals surface area (Å²) in [6.45, 7) is 0. The molecule has 2 heterocycles. The van der Waals surface area contributed by atoms with Crippen molar-refractivity contribution < 1.29 is 23.6 Å². The van der Waals surface area contributed by atoms with Crippen molar-refractivity contribution in [2.45, 2.75) is 6.42 Å². The molecule has 0 spiro atoms. The first-order chi connectivity index (χ1) is 13.4. The molecule has 0 atom stereocenters. The molecule has 0 fully saturated rings. The first-order valence-electron chi connectivity index (χ1n) is 8.19. The van der Waals surface area contributed by atoms with Gasteiger partial charge in [-0.05, 0) is 36.4 Å². The van der Waals surface area contributed by atoms with Gasteiger partial charge in [0.25, 0.3) is 17.4 Å². The van der Waals surface area contributed by atoms with Gasteiger partial charge in [-0.25, -0.2) is 13.9 Å². The zero-order chi connectivity index (χ0) is 19.8. The van der Waals surface area contributed by atoms with Crippen molar-refractivity contribution in [1.82, 2.24) is 14.8 Å². The highest BCUT2D eigenvalue weighted by Crippen LogP contribution is 2.22. The van der Waals surface area contributed by atoms with Gasteiger partial charge in [-0.3, -0.25) is 19.5 Å². The van der Waals surface area contributed by atoms with Crippen molar-refractivity contribution in [3.63, 3.8) is 0 Å². The second-order valence-corrected chi connectivity index (χ2v) is 6.02. The van der Waals surface area contributed by atoms with E-state index in [0.717, 1.165) is 4.68 Å². The van der Waals surface area contributed by atoms with E-state index in [0.29, 0.717) is 10.8 Å². The molecule has 0 radical (unpaired) electrons. The lowest BCUT2D eigenvalue weighted by atomic mass is 10.1. The van der Waals surface area contributed by atoms with Crippen LogP contribution in [0.3, 0.4) is 0 Å². The van der Waals surface area contributed by atoms with E-state index in [9.17, 15) is 23.6 Å². The van der Waals surface area contributed by atoms with Gasteiger partial charge in [0.1, 0.15) is 5.82 Å². The van der Waals surface area contributed by atoms with Crippen LogP contribution < -0.4 is 5.56 Å². The van der Waals surface area contributed by atoms with Gasteiger partial charge >= 0.3 is 5.97 Å². The van der Waals surface area contributed by atoms with E-state index in [1.165, 1.54) is 42.5 Å². The Morgan fingerprint density at radius 3 is 2.18 bits per heavy atom. The zero-order valence-corrected chi connectivity index (χ0v) is 14.2. The summed E-state index contributed by atoms with van der Waals surface area (Å²) in [5.74, 6) is -2.81. The monoisotopic (exact) mass is 381 g/mol. The number of amides is 2. The van der Waals surface area contributed by atoms with Crippen LogP contribution in [0.2, 0.25) is 0 Å². The molecule has 1 aliphatic heterocycles. The van der Waals surface area contributed by atoms with E-state index in [2.05, 4.69) is 5.10 Å². The summed E-state index contributed by atoms with van der Waals surface area (Å²) >= 11 is 0. The summed E-state index contributed by atoms with van der Waals surface area (Å²) in [6.07, 6.45) is -0.378. The summed E-state index contributed by atoms with van der Waals surface area (Å²) in [4.78, 5) is 53.5. The second-order valence-electron chi connectivity index (χ2n) is 6.02. The second kappa shape index (κ2) is 6.62. The number of carbonyl (C=O) groups excluding carboxylic acids is 3. The number of carbonyl (C=O) groups is 3. The number of rotatable bonds is 4. The predicted molar refractivity (Wildman–Crippen MR) is 93.1 cm³/mol. The standard InChI is InChI=1S/C19H12FN3O5/c20-11-5-7-13(8-6-11)22-16(24)9-12(21-22)10-17(25)28-23-18(26)14-3-1-2-4-15(14)19(23)27/h1-9,21H,10H2. The molecule has 1 N–H and O–H groups in total. The van der Waals surface area contributed by atoms with Crippen LogP contribution in [0.1, 0.15) is 26.4 Å². The molecule has 0 saturated heterocycles. The van der Waals surface area contributed by atoms with E-state index in [1.54, 1.807) is 12.1 Å². The molecular weight excluding hydrogens is 369 g/mol.